The molecule has 5 nitrogen and oxygen atoms in total. The van der Waals surface area contributed by atoms with Gasteiger partial charge in [-0.25, -0.2) is 17.9 Å². The molecule has 0 aromatic heterocycles. The van der Waals surface area contributed by atoms with E-state index < -0.39 is 16.0 Å². The predicted molar refractivity (Wildman–Crippen MR) is 83.8 cm³/mol. The van der Waals surface area contributed by atoms with Gasteiger partial charge in [-0.3, -0.25) is 0 Å². The number of nitrogens with one attached hydrogen (secondary N) is 1. The number of hydrogen-bond acceptors (Lipinski definition) is 4. The Morgan fingerprint density at radius 1 is 1.48 bits per heavy atom. The predicted octanol–water partition coefficient (Wildman–Crippen LogP) is 2.52. The van der Waals surface area contributed by atoms with Crippen molar-refractivity contribution in [2.24, 2.45) is 0 Å². The third-order valence-corrected chi connectivity index (χ3v) is 6.83. The lowest BCUT2D eigenvalue weighted by atomic mass is 10.1. The summed E-state index contributed by atoms with van der Waals surface area (Å²) >= 11 is 7.48. The number of carboxylic acids is 1. The van der Waals surface area contributed by atoms with E-state index in [4.69, 9.17) is 16.7 Å². The Labute approximate surface area is 133 Å². The van der Waals surface area contributed by atoms with Crippen LogP contribution in [0, 0.1) is 6.92 Å². The molecule has 1 saturated carbocycles. The topological polar surface area (TPSA) is 83.5 Å². The number of rotatable bonds is 6. The van der Waals surface area contributed by atoms with Crippen molar-refractivity contribution in [3.63, 3.8) is 0 Å². The molecule has 1 aliphatic rings. The van der Waals surface area contributed by atoms with E-state index in [-0.39, 0.29) is 25.8 Å². The first-order valence-electron chi connectivity index (χ1n) is 6.29. The number of sulfonamides is 1. The number of thioether (sulfide) groups is 1. The van der Waals surface area contributed by atoms with Crippen LogP contribution in [0.5, 0.6) is 0 Å². The van der Waals surface area contributed by atoms with Crippen molar-refractivity contribution in [2.45, 2.75) is 29.4 Å². The molecule has 0 spiro atoms. The van der Waals surface area contributed by atoms with Crippen molar-refractivity contribution in [1.29, 1.82) is 0 Å². The van der Waals surface area contributed by atoms with Crippen molar-refractivity contribution in [3.8, 4) is 0 Å². The maximum atomic E-state index is 12.4. The van der Waals surface area contributed by atoms with Crippen LogP contribution in [-0.2, 0) is 10.0 Å². The Balaban J connectivity index is 2.33. The molecule has 0 saturated heterocycles. The minimum absolute atomic E-state index is 0.0187. The first-order chi connectivity index (χ1) is 9.71. The van der Waals surface area contributed by atoms with Crippen LogP contribution in [0.3, 0.4) is 0 Å². The average molecular weight is 350 g/mol. The van der Waals surface area contributed by atoms with Crippen LogP contribution >= 0.6 is 23.4 Å². The van der Waals surface area contributed by atoms with Gasteiger partial charge in [0.25, 0.3) is 0 Å². The molecule has 1 aliphatic carbocycles. The molecule has 2 rings (SSSR count). The van der Waals surface area contributed by atoms with Crippen molar-refractivity contribution >= 4 is 39.4 Å². The quantitative estimate of drug-likeness (QED) is 0.824. The molecule has 0 atom stereocenters. The van der Waals surface area contributed by atoms with Gasteiger partial charge in [-0.15, -0.1) is 0 Å². The van der Waals surface area contributed by atoms with Gasteiger partial charge in [-0.1, -0.05) is 11.6 Å². The summed E-state index contributed by atoms with van der Waals surface area (Å²) in [6.07, 6.45) is 3.91. The van der Waals surface area contributed by atoms with E-state index in [0.29, 0.717) is 6.54 Å². The van der Waals surface area contributed by atoms with Gasteiger partial charge < -0.3 is 5.11 Å². The van der Waals surface area contributed by atoms with Gasteiger partial charge in [-0.05, 0) is 43.7 Å². The van der Waals surface area contributed by atoms with E-state index in [1.54, 1.807) is 11.8 Å². The molecule has 0 aliphatic heterocycles. The van der Waals surface area contributed by atoms with Gasteiger partial charge in [0.15, 0.2) is 0 Å². The van der Waals surface area contributed by atoms with E-state index >= 15 is 0 Å². The highest BCUT2D eigenvalue weighted by atomic mass is 35.5. The van der Waals surface area contributed by atoms with Gasteiger partial charge in [-0.2, -0.15) is 11.8 Å². The van der Waals surface area contributed by atoms with Gasteiger partial charge in [0.2, 0.25) is 10.0 Å². The first kappa shape index (κ1) is 16.6. The zero-order valence-corrected chi connectivity index (χ0v) is 14.0. The fourth-order valence-corrected chi connectivity index (χ4v) is 4.57. The summed E-state index contributed by atoms with van der Waals surface area (Å²) in [6.45, 7) is 1.81. The molecular formula is C13H16ClNO4S2. The molecule has 0 amide bonds. The fraction of sp³-hybridized carbons (Fsp3) is 0.462. The lowest BCUT2D eigenvalue weighted by Gasteiger charge is -2.15. The minimum atomic E-state index is -3.78. The fourth-order valence-electron chi connectivity index (χ4n) is 2.05. The van der Waals surface area contributed by atoms with Crippen LogP contribution in [0.15, 0.2) is 17.0 Å². The Hall–Kier alpha value is -0.760. The highest BCUT2D eigenvalue weighted by molar-refractivity contribution is 8.00. The number of carbonyl (C=O) groups is 1. The van der Waals surface area contributed by atoms with Crippen molar-refractivity contribution in [3.05, 3.63) is 28.3 Å². The number of carboxylic acid groups (broad SMARTS) is 1. The van der Waals surface area contributed by atoms with Crippen LogP contribution in [-0.4, -0.2) is 37.0 Å². The molecule has 8 heteroatoms. The lowest BCUT2D eigenvalue weighted by molar-refractivity contribution is 0.0696. The number of halogens is 1. The van der Waals surface area contributed by atoms with E-state index in [9.17, 15) is 13.2 Å². The van der Waals surface area contributed by atoms with E-state index in [1.165, 1.54) is 19.1 Å². The maximum Gasteiger partial charge on any atom is 0.336 e. The summed E-state index contributed by atoms with van der Waals surface area (Å²) in [6, 6.07) is 2.53. The van der Waals surface area contributed by atoms with Gasteiger partial charge in [0.05, 0.1) is 10.5 Å². The molecule has 1 fully saturated rings. The molecule has 116 valence electrons. The van der Waals surface area contributed by atoms with Crippen LogP contribution in [0.2, 0.25) is 5.02 Å². The second-order valence-electron chi connectivity index (χ2n) is 5.09. The lowest BCUT2D eigenvalue weighted by Crippen LogP contribution is -2.32. The molecule has 0 bridgehead atoms. The average Bonchev–Trinajstić information content (AvgIpc) is 3.19. The van der Waals surface area contributed by atoms with Gasteiger partial charge in [0.1, 0.15) is 0 Å². The monoisotopic (exact) mass is 349 g/mol. The summed E-state index contributed by atoms with van der Waals surface area (Å²) in [5.74, 6) is -1.20. The van der Waals surface area contributed by atoms with Crippen molar-refractivity contribution in [2.75, 3.05) is 12.8 Å². The second-order valence-corrected chi connectivity index (χ2v) is 8.54. The Morgan fingerprint density at radius 2 is 2.10 bits per heavy atom. The zero-order chi connectivity index (χ0) is 15.8. The van der Waals surface area contributed by atoms with Gasteiger partial charge in [0, 0.05) is 16.3 Å². The molecule has 0 heterocycles. The summed E-state index contributed by atoms with van der Waals surface area (Å²) in [5, 5.41) is 9.20. The maximum absolute atomic E-state index is 12.4. The summed E-state index contributed by atoms with van der Waals surface area (Å²) in [5.41, 5.74) is 0.0854. The molecule has 0 unspecified atom stereocenters. The molecule has 1 aromatic carbocycles. The normalized spacial score (nSPS) is 16.7. The van der Waals surface area contributed by atoms with Crippen LogP contribution in [0.4, 0.5) is 0 Å². The molecule has 21 heavy (non-hydrogen) atoms. The van der Waals surface area contributed by atoms with Crippen LogP contribution in [0.25, 0.3) is 0 Å². The first-order valence-corrected chi connectivity index (χ1v) is 9.38. The van der Waals surface area contributed by atoms with E-state index in [1.807, 2.05) is 6.26 Å². The van der Waals surface area contributed by atoms with Crippen molar-refractivity contribution < 1.29 is 18.3 Å². The SMILES string of the molecule is CSC1(CNS(=O)(=O)c2cc(Cl)cc(C(=O)O)c2C)CC1. The summed E-state index contributed by atoms with van der Waals surface area (Å²) < 4.78 is 27.3. The summed E-state index contributed by atoms with van der Waals surface area (Å²) in [7, 11) is -3.78. The zero-order valence-electron chi connectivity index (χ0n) is 11.6. The Morgan fingerprint density at radius 3 is 2.57 bits per heavy atom. The van der Waals surface area contributed by atoms with Crippen molar-refractivity contribution in [1.82, 2.24) is 4.72 Å². The van der Waals surface area contributed by atoms with E-state index in [0.717, 1.165) is 12.8 Å². The van der Waals surface area contributed by atoms with Crippen LogP contribution in [0.1, 0.15) is 28.8 Å². The van der Waals surface area contributed by atoms with Gasteiger partial charge >= 0.3 is 5.97 Å². The highest BCUT2D eigenvalue weighted by Crippen LogP contribution is 2.46. The smallest absolute Gasteiger partial charge is 0.336 e. The molecule has 2 N–H and O–H groups in total. The Bertz CT molecular complexity index is 684. The molecule has 1 aromatic rings. The van der Waals surface area contributed by atoms with Crippen LogP contribution < -0.4 is 4.72 Å². The number of hydrogen-bond donors (Lipinski definition) is 2. The summed E-state index contributed by atoms with van der Waals surface area (Å²) in [4.78, 5) is 11.1. The molecule has 0 radical (unpaired) electrons. The highest BCUT2D eigenvalue weighted by Gasteiger charge is 2.42. The third kappa shape index (κ3) is 3.53. The number of benzene rings is 1. The largest absolute Gasteiger partial charge is 0.478 e. The second kappa shape index (κ2) is 5.79. The number of aromatic carboxylic acids is 1. The Kier molecular flexibility index (Phi) is 4.58. The van der Waals surface area contributed by atoms with E-state index in [2.05, 4.69) is 4.72 Å². The minimum Gasteiger partial charge on any atom is -0.478 e. The third-order valence-electron chi connectivity index (χ3n) is 3.67. The molecular weight excluding hydrogens is 334 g/mol. The standard InChI is InChI=1S/C13H16ClNO4S2/c1-8-10(12(16)17)5-9(14)6-11(8)21(18,19)15-7-13(20-2)3-4-13/h5-6,15H,3-4,7H2,1-2H3,(H,16,17).